The summed E-state index contributed by atoms with van der Waals surface area (Å²) in [5, 5.41) is 8.85. The quantitative estimate of drug-likeness (QED) is 0.542. The number of nitriles is 1. The van der Waals surface area contributed by atoms with Crippen molar-refractivity contribution in [2.24, 2.45) is 9.98 Å². The van der Waals surface area contributed by atoms with Crippen molar-refractivity contribution in [3.05, 3.63) is 77.2 Å². The molecule has 0 spiro atoms. The molecule has 2 heterocycles. The van der Waals surface area contributed by atoms with E-state index in [1.54, 1.807) is 24.5 Å². The Morgan fingerprint density at radius 2 is 1.68 bits per heavy atom. The Balaban J connectivity index is 0.00000121. The van der Waals surface area contributed by atoms with Crippen LogP contribution in [0.4, 0.5) is 0 Å². The average Bonchev–Trinajstić information content (AvgIpc) is 2.56. The standard InChI is InChI=1S/C17H9N3.2ClH/c18-11-13-1-3-14(4-2-13)17-12-20-10-7-16(17)15-5-8-19-9-6-15;;/h1-8,10H;2*1H/q+2;;/p-2. The Morgan fingerprint density at radius 1 is 0.955 bits per heavy atom. The van der Waals surface area contributed by atoms with Gasteiger partial charge in [-0.3, -0.25) is 0 Å². The largest absolute Gasteiger partial charge is 1.00 e. The zero-order chi connectivity index (χ0) is 13.8. The molecule has 106 valence electrons. The van der Waals surface area contributed by atoms with E-state index in [2.05, 4.69) is 28.5 Å². The van der Waals surface area contributed by atoms with Crippen LogP contribution >= 0.6 is 0 Å². The highest BCUT2D eigenvalue weighted by molar-refractivity contribution is 6.14. The van der Waals surface area contributed by atoms with Gasteiger partial charge in [-0.1, -0.05) is 4.99 Å². The number of nitrogens with zero attached hydrogens (tertiary/aromatic N) is 3. The molecule has 0 N–H and O–H groups in total. The van der Waals surface area contributed by atoms with E-state index in [1.165, 1.54) is 0 Å². The minimum Gasteiger partial charge on any atom is -1.00 e. The van der Waals surface area contributed by atoms with Crippen LogP contribution in [0.25, 0.3) is 5.57 Å². The van der Waals surface area contributed by atoms with Crippen molar-refractivity contribution in [2.75, 3.05) is 0 Å². The highest BCUT2D eigenvalue weighted by Gasteiger charge is 2.24. The van der Waals surface area contributed by atoms with Gasteiger partial charge >= 0.3 is 0 Å². The highest BCUT2D eigenvalue weighted by atomic mass is 35.5. The topological polar surface area (TPSA) is 48.5 Å². The number of halogens is 2. The van der Waals surface area contributed by atoms with Crippen LogP contribution in [0.5, 0.6) is 0 Å². The molecule has 3 rings (SSSR count). The van der Waals surface area contributed by atoms with Crippen LogP contribution < -0.4 is 24.8 Å². The predicted octanol–water partition coefficient (Wildman–Crippen LogP) is -2.80. The molecule has 0 bridgehead atoms. The summed E-state index contributed by atoms with van der Waals surface area (Å²) in [6.45, 7) is 0. The van der Waals surface area contributed by atoms with Crippen LogP contribution in [0.3, 0.4) is 0 Å². The van der Waals surface area contributed by atoms with Crippen molar-refractivity contribution in [2.45, 2.75) is 0 Å². The van der Waals surface area contributed by atoms with E-state index < -0.39 is 0 Å². The van der Waals surface area contributed by atoms with Gasteiger partial charge in [-0.2, -0.15) is 5.26 Å². The summed E-state index contributed by atoms with van der Waals surface area (Å²) in [4.78, 5) is 7.98. The van der Waals surface area contributed by atoms with Crippen molar-refractivity contribution in [3.63, 3.8) is 0 Å². The summed E-state index contributed by atoms with van der Waals surface area (Å²) in [5.74, 6) is 0. The second-order valence-corrected chi connectivity index (χ2v) is 4.21. The molecule has 3 nitrogen and oxygen atoms in total. The van der Waals surface area contributed by atoms with Crippen LogP contribution in [0, 0.1) is 11.3 Å². The SMILES string of the molecule is N#Cc1ccc(C2=C(C3=C[C+]=NC=C3)C=CN=[C+]2)cc1.[Cl-].[Cl-]. The van der Waals surface area contributed by atoms with Gasteiger partial charge < -0.3 is 24.8 Å². The minimum atomic E-state index is 0. The number of rotatable bonds is 2. The maximum absolute atomic E-state index is 8.85. The first-order valence-corrected chi connectivity index (χ1v) is 6.08. The molecule has 0 amide bonds. The van der Waals surface area contributed by atoms with E-state index in [-0.39, 0.29) is 24.8 Å². The fourth-order valence-corrected chi connectivity index (χ4v) is 2.01. The van der Waals surface area contributed by atoms with Crippen LogP contribution in [0.15, 0.2) is 76.0 Å². The molecular weight excluding hydrogens is 317 g/mol. The monoisotopic (exact) mass is 325 g/mol. The maximum Gasteiger partial charge on any atom is 0.197 e. The Bertz CT molecular complexity index is 758. The lowest BCUT2D eigenvalue weighted by Crippen LogP contribution is -3.00. The van der Waals surface area contributed by atoms with Gasteiger partial charge in [0.2, 0.25) is 0 Å². The van der Waals surface area contributed by atoms with Gasteiger partial charge in [-0.25, -0.2) is 0 Å². The molecule has 0 saturated heterocycles. The second-order valence-electron chi connectivity index (χ2n) is 4.21. The van der Waals surface area contributed by atoms with Gasteiger partial charge in [-0.05, 0) is 24.3 Å². The van der Waals surface area contributed by atoms with E-state index in [9.17, 15) is 0 Å². The summed E-state index contributed by atoms with van der Waals surface area (Å²) in [5.41, 5.74) is 4.54. The molecular formula is C17H9Cl2N3. The van der Waals surface area contributed by atoms with Gasteiger partial charge in [0.1, 0.15) is 35.8 Å². The molecule has 0 radical (unpaired) electrons. The third-order valence-electron chi connectivity index (χ3n) is 3.00. The normalized spacial score (nSPS) is 14.0. The van der Waals surface area contributed by atoms with E-state index >= 15 is 0 Å². The summed E-state index contributed by atoms with van der Waals surface area (Å²) in [6.07, 6.45) is 15.0. The highest BCUT2D eigenvalue weighted by Crippen LogP contribution is 2.27. The Hall–Kier alpha value is -2.59. The lowest BCUT2D eigenvalue weighted by molar-refractivity contribution is -0.00100. The number of hydrogen-bond donors (Lipinski definition) is 0. The van der Waals surface area contributed by atoms with Crippen molar-refractivity contribution < 1.29 is 24.8 Å². The van der Waals surface area contributed by atoms with E-state index in [0.29, 0.717) is 5.56 Å². The number of allylic oxidation sites excluding steroid dienone is 6. The summed E-state index contributed by atoms with van der Waals surface area (Å²) < 4.78 is 0. The van der Waals surface area contributed by atoms with Crippen molar-refractivity contribution >= 4 is 18.0 Å². The van der Waals surface area contributed by atoms with Crippen LogP contribution in [0.2, 0.25) is 0 Å². The molecule has 2 aliphatic rings. The third kappa shape index (κ3) is 3.54. The lowest BCUT2D eigenvalue weighted by atomic mass is 9.93. The zero-order valence-corrected chi connectivity index (χ0v) is 12.8. The van der Waals surface area contributed by atoms with E-state index in [0.717, 1.165) is 22.3 Å². The van der Waals surface area contributed by atoms with Gasteiger partial charge in [0, 0.05) is 0 Å². The molecule has 0 unspecified atom stereocenters. The number of aliphatic imine (C=N–C) groups is 2. The number of hydrogen-bond acceptors (Lipinski definition) is 3. The van der Waals surface area contributed by atoms with Crippen molar-refractivity contribution in [3.8, 4) is 6.07 Å². The van der Waals surface area contributed by atoms with Crippen LogP contribution in [-0.2, 0) is 0 Å². The molecule has 2 aliphatic heterocycles. The van der Waals surface area contributed by atoms with Crippen molar-refractivity contribution in [1.82, 2.24) is 0 Å². The smallest absolute Gasteiger partial charge is 0.197 e. The minimum absolute atomic E-state index is 0. The van der Waals surface area contributed by atoms with Gasteiger partial charge in [-0.15, -0.1) is 4.99 Å². The van der Waals surface area contributed by atoms with Gasteiger partial charge in [0.05, 0.1) is 29.3 Å². The first kappa shape index (κ1) is 17.5. The molecule has 0 aliphatic carbocycles. The third-order valence-corrected chi connectivity index (χ3v) is 3.00. The maximum atomic E-state index is 8.85. The van der Waals surface area contributed by atoms with Gasteiger partial charge in [0.25, 0.3) is 0 Å². The molecule has 1 aromatic carbocycles. The average molecular weight is 326 g/mol. The second kappa shape index (κ2) is 8.00. The summed E-state index contributed by atoms with van der Waals surface area (Å²) in [7, 11) is 0. The molecule has 1 aromatic rings. The first-order chi connectivity index (χ1) is 9.88. The fraction of sp³-hybridized carbons (Fsp3) is 0. The van der Waals surface area contributed by atoms with Crippen molar-refractivity contribution in [1.29, 1.82) is 5.26 Å². The predicted molar refractivity (Wildman–Crippen MR) is 79.3 cm³/mol. The van der Waals surface area contributed by atoms with Crippen LogP contribution in [0.1, 0.15) is 11.1 Å². The van der Waals surface area contributed by atoms with Crippen LogP contribution in [-0.4, -0.2) is 12.4 Å². The van der Waals surface area contributed by atoms with E-state index in [4.69, 9.17) is 5.26 Å². The van der Waals surface area contributed by atoms with E-state index in [1.807, 2.05) is 30.4 Å². The molecule has 0 atom stereocenters. The molecule has 5 heteroatoms. The molecule has 0 saturated carbocycles. The Labute approximate surface area is 141 Å². The zero-order valence-electron chi connectivity index (χ0n) is 11.3. The summed E-state index contributed by atoms with van der Waals surface area (Å²) >= 11 is 0. The first-order valence-electron chi connectivity index (χ1n) is 6.08. The Morgan fingerprint density at radius 3 is 2.32 bits per heavy atom. The molecule has 22 heavy (non-hydrogen) atoms. The fourth-order valence-electron chi connectivity index (χ4n) is 2.01. The lowest BCUT2D eigenvalue weighted by Gasteiger charge is -2.01. The Kier molecular flexibility index (Phi) is 6.35. The summed E-state index contributed by atoms with van der Waals surface area (Å²) in [6, 6.07) is 9.50. The molecule has 0 fully saturated rings. The number of benzene rings is 1. The molecule has 0 aromatic heterocycles. The van der Waals surface area contributed by atoms with Gasteiger partial charge in [0.15, 0.2) is 11.8 Å².